The Hall–Kier alpha value is -3.49. The van der Waals surface area contributed by atoms with Gasteiger partial charge >= 0.3 is 6.01 Å². The second kappa shape index (κ2) is 8.07. The molecule has 3 aromatic heterocycles. The van der Waals surface area contributed by atoms with E-state index in [0.717, 1.165) is 24.0 Å². The molecule has 9 heteroatoms. The largest absolute Gasteiger partial charge is 0.424 e. The summed E-state index contributed by atoms with van der Waals surface area (Å²) in [5.74, 6) is -0.0114. The van der Waals surface area contributed by atoms with Crippen LogP contribution in [0.15, 0.2) is 48.7 Å². The average molecular weight is 478 g/mol. The van der Waals surface area contributed by atoms with Crippen molar-refractivity contribution in [2.24, 2.45) is 5.73 Å². The maximum absolute atomic E-state index is 11.6. The molecule has 5 rings (SSSR count). The van der Waals surface area contributed by atoms with Gasteiger partial charge in [0.05, 0.1) is 40.1 Å². The molecule has 1 aliphatic rings. The van der Waals surface area contributed by atoms with Crippen molar-refractivity contribution in [3.8, 4) is 23.0 Å². The summed E-state index contributed by atoms with van der Waals surface area (Å²) in [6.45, 7) is 3.59. The van der Waals surface area contributed by atoms with E-state index in [2.05, 4.69) is 19.9 Å². The maximum Gasteiger partial charge on any atom is 0.301 e. The van der Waals surface area contributed by atoms with Gasteiger partial charge < -0.3 is 20.6 Å². The Kier molecular flexibility index (Phi) is 5.30. The summed E-state index contributed by atoms with van der Waals surface area (Å²) in [4.78, 5) is 28.1. The first-order chi connectivity index (χ1) is 16.2. The van der Waals surface area contributed by atoms with Crippen LogP contribution in [0.4, 0.5) is 0 Å². The van der Waals surface area contributed by atoms with Crippen molar-refractivity contribution in [3.63, 3.8) is 0 Å². The molecular formula is C25H24ClN5O3. The number of primary amides is 1. The number of carbonyl (C=O) groups excluding carboxylic acids is 1. The van der Waals surface area contributed by atoms with Gasteiger partial charge in [-0.15, -0.1) is 0 Å². The number of aromatic amines is 1. The first-order valence-electron chi connectivity index (χ1n) is 10.9. The monoisotopic (exact) mass is 477 g/mol. The van der Waals surface area contributed by atoms with Crippen molar-refractivity contribution in [3.05, 3.63) is 64.9 Å². The van der Waals surface area contributed by atoms with Crippen LogP contribution in [0.25, 0.3) is 22.4 Å². The Labute approximate surface area is 201 Å². The van der Waals surface area contributed by atoms with Gasteiger partial charge in [0, 0.05) is 11.0 Å². The number of halogens is 1. The molecule has 0 bridgehead atoms. The highest BCUT2D eigenvalue weighted by molar-refractivity contribution is 6.33. The fourth-order valence-electron chi connectivity index (χ4n) is 3.87. The molecule has 0 aliphatic heterocycles. The summed E-state index contributed by atoms with van der Waals surface area (Å²) < 4.78 is 5.80. The Balaban J connectivity index is 1.39. The fraction of sp³-hybridized carbons (Fsp3) is 0.280. The molecule has 0 unspecified atom stereocenters. The number of aliphatic hydroxyl groups excluding tert-OH is 1. The lowest BCUT2D eigenvalue weighted by atomic mass is 9.88. The van der Waals surface area contributed by atoms with Crippen LogP contribution >= 0.6 is 11.6 Å². The zero-order valence-corrected chi connectivity index (χ0v) is 19.6. The standard InChI is InChI=1S/C25H24ClN5O3/c1-24(2,22(27)33)19-8-7-16(12-28-19)34-23-29-18-11-17(26)20(30-21(18)31-23)14-3-5-15(6-4-14)25(13-32)9-10-25/h3-8,11-12,32H,9-10,13H2,1-2H3,(H2,27,33)(H,29,30,31). The number of nitrogens with two attached hydrogens (primary N) is 1. The number of carbonyl (C=O) groups is 1. The molecule has 0 saturated heterocycles. The third-order valence-corrected chi connectivity index (χ3v) is 6.83. The number of ether oxygens (including phenoxy) is 1. The second-order valence-corrected chi connectivity index (χ2v) is 9.63. The molecule has 8 nitrogen and oxygen atoms in total. The minimum absolute atomic E-state index is 0.0865. The van der Waals surface area contributed by atoms with E-state index in [-0.39, 0.29) is 18.0 Å². The molecule has 1 aliphatic carbocycles. The number of hydrogen-bond acceptors (Lipinski definition) is 6. The number of benzene rings is 1. The highest BCUT2D eigenvalue weighted by Gasteiger charge is 2.43. The lowest BCUT2D eigenvalue weighted by molar-refractivity contribution is -0.122. The van der Waals surface area contributed by atoms with E-state index in [9.17, 15) is 9.90 Å². The van der Waals surface area contributed by atoms with E-state index in [1.807, 2.05) is 24.3 Å². The Morgan fingerprint density at radius 1 is 1.21 bits per heavy atom. The van der Waals surface area contributed by atoms with Gasteiger partial charge in [-0.1, -0.05) is 35.9 Å². The maximum atomic E-state index is 11.6. The highest BCUT2D eigenvalue weighted by Crippen LogP contribution is 2.48. The third kappa shape index (κ3) is 3.89. The van der Waals surface area contributed by atoms with Gasteiger partial charge in [-0.05, 0) is 50.5 Å². The van der Waals surface area contributed by atoms with Crippen LogP contribution in [0.1, 0.15) is 37.9 Å². The lowest BCUT2D eigenvalue weighted by Gasteiger charge is -2.19. The number of hydrogen-bond donors (Lipinski definition) is 3. The molecule has 4 N–H and O–H groups in total. The summed E-state index contributed by atoms with van der Waals surface area (Å²) >= 11 is 6.52. The van der Waals surface area contributed by atoms with E-state index in [1.165, 1.54) is 6.20 Å². The highest BCUT2D eigenvalue weighted by atomic mass is 35.5. The van der Waals surface area contributed by atoms with Crippen molar-refractivity contribution in [2.75, 3.05) is 6.61 Å². The molecule has 174 valence electrons. The van der Waals surface area contributed by atoms with Crippen molar-refractivity contribution in [1.82, 2.24) is 19.9 Å². The van der Waals surface area contributed by atoms with Crippen molar-refractivity contribution < 1.29 is 14.6 Å². The molecule has 1 saturated carbocycles. The van der Waals surface area contributed by atoms with Crippen molar-refractivity contribution in [2.45, 2.75) is 37.5 Å². The number of H-pyrrole nitrogens is 1. The van der Waals surface area contributed by atoms with Crippen LogP contribution < -0.4 is 10.5 Å². The molecule has 0 spiro atoms. The predicted octanol–water partition coefficient (Wildman–Crippen LogP) is 4.25. The number of aromatic nitrogens is 4. The Bertz CT molecular complexity index is 1380. The molecular weight excluding hydrogens is 454 g/mol. The van der Waals surface area contributed by atoms with Gasteiger partial charge in [0.2, 0.25) is 5.91 Å². The van der Waals surface area contributed by atoms with Crippen LogP contribution in [0.5, 0.6) is 11.8 Å². The number of nitrogens with one attached hydrogen (secondary N) is 1. The normalized spacial score (nSPS) is 14.8. The van der Waals surface area contributed by atoms with Crippen LogP contribution in [0, 0.1) is 0 Å². The molecule has 34 heavy (non-hydrogen) atoms. The first kappa shape index (κ1) is 22.3. The molecule has 0 radical (unpaired) electrons. The zero-order valence-electron chi connectivity index (χ0n) is 18.8. The quantitative estimate of drug-likeness (QED) is 0.365. The first-order valence-corrected chi connectivity index (χ1v) is 11.3. The molecule has 4 aromatic rings. The van der Waals surface area contributed by atoms with Gasteiger partial charge in [0.1, 0.15) is 5.75 Å². The minimum atomic E-state index is -0.884. The number of rotatable bonds is 7. The van der Waals surface area contributed by atoms with E-state index in [0.29, 0.717) is 33.3 Å². The molecule has 0 atom stereocenters. The van der Waals surface area contributed by atoms with Crippen molar-refractivity contribution >= 4 is 28.7 Å². The predicted molar refractivity (Wildman–Crippen MR) is 129 cm³/mol. The van der Waals surface area contributed by atoms with Crippen LogP contribution in [-0.4, -0.2) is 37.6 Å². The Morgan fingerprint density at radius 3 is 2.53 bits per heavy atom. The average Bonchev–Trinajstić information content (AvgIpc) is 3.53. The van der Waals surface area contributed by atoms with E-state index >= 15 is 0 Å². The van der Waals surface area contributed by atoms with Gasteiger partial charge in [0.15, 0.2) is 5.65 Å². The second-order valence-electron chi connectivity index (χ2n) is 9.22. The zero-order chi connectivity index (χ0) is 24.1. The van der Waals surface area contributed by atoms with Gasteiger partial charge in [0.25, 0.3) is 0 Å². The summed E-state index contributed by atoms with van der Waals surface area (Å²) in [6.07, 6.45) is 3.52. The van der Waals surface area contributed by atoms with Crippen LogP contribution in [0.3, 0.4) is 0 Å². The number of pyridine rings is 2. The third-order valence-electron chi connectivity index (χ3n) is 6.54. The van der Waals surface area contributed by atoms with E-state index < -0.39 is 11.3 Å². The van der Waals surface area contributed by atoms with E-state index in [4.69, 9.17) is 22.1 Å². The summed E-state index contributed by atoms with van der Waals surface area (Å²) in [7, 11) is 0. The number of aliphatic hydroxyl groups is 1. The van der Waals surface area contributed by atoms with Gasteiger partial charge in [-0.2, -0.15) is 4.98 Å². The topological polar surface area (TPSA) is 127 Å². The number of fused-ring (bicyclic) bond motifs is 1. The van der Waals surface area contributed by atoms with E-state index in [1.54, 1.807) is 32.0 Å². The number of amides is 1. The molecule has 1 amide bonds. The van der Waals surface area contributed by atoms with Gasteiger partial charge in [-0.25, -0.2) is 4.98 Å². The minimum Gasteiger partial charge on any atom is -0.424 e. The van der Waals surface area contributed by atoms with Crippen LogP contribution in [0.2, 0.25) is 5.02 Å². The van der Waals surface area contributed by atoms with Gasteiger partial charge in [-0.3, -0.25) is 9.78 Å². The molecule has 1 fully saturated rings. The van der Waals surface area contributed by atoms with Crippen LogP contribution in [-0.2, 0) is 15.6 Å². The summed E-state index contributed by atoms with van der Waals surface area (Å²) in [5.41, 5.74) is 8.75. The number of nitrogens with zero attached hydrogens (tertiary/aromatic N) is 3. The smallest absolute Gasteiger partial charge is 0.301 e. The fourth-order valence-corrected chi connectivity index (χ4v) is 4.13. The van der Waals surface area contributed by atoms with Crippen molar-refractivity contribution in [1.29, 1.82) is 0 Å². The summed E-state index contributed by atoms with van der Waals surface area (Å²) in [6, 6.07) is 13.4. The molecule has 1 aromatic carbocycles. The number of imidazole rings is 1. The SMILES string of the molecule is CC(C)(C(N)=O)c1ccc(Oc2nc3nc(-c4ccc(C5(CO)CC5)cc4)c(Cl)cc3[nH]2)cn1. The lowest BCUT2D eigenvalue weighted by Crippen LogP contribution is -2.36. The summed E-state index contributed by atoms with van der Waals surface area (Å²) in [5, 5.41) is 10.1. The molecule has 3 heterocycles. The Morgan fingerprint density at radius 2 is 1.94 bits per heavy atom.